The second-order valence-electron chi connectivity index (χ2n) is 5.76. The highest BCUT2D eigenvalue weighted by Crippen LogP contribution is 2.24. The molecule has 0 saturated heterocycles. The van der Waals surface area contributed by atoms with Crippen LogP contribution < -0.4 is 0 Å². The molecule has 0 saturated carbocycles. The summed E-state index contributed by atoms with van der Waals surface area (Å²) < 4.78 is 31.8. The van der Waals surface area contributed by atoms with Crippen LogP contribution in [0.3, 0.4) is 0 Å². The van der Waals surface area contributed by atoms with Gasteiger partial charge in [-0.25, -0.2) is 8.42 Å². The lowest BCUT2D eigenvalue weighted by Gasteiger charge is -2.45. The van der Waals surface area contributed by atoms with E-state index in [0.29, 0.717) is 0 Å². The Balaban J connectivity index is 4.71. The van der Waals surface area contributed by atoms with Crippen molar-refractivity contribution in [2.45, 2.75) is 52.6 Å². The van der Waals surface area contributed by atoms with Gasteiger partial charge in [-0.05, 0) is 41.5 Å². The van der Waals surface area contributed by atoms with Gasteiger partial charge in [0.05, 0.1) is 15.9 Å². The molecule has 0 atom stereocenters. The van der Waals surface area contributed by atoms with Gasteiger partial charge in [-0.3, -0.25) is 4.90 Å². The van der Waals surface area contributed by atoms with Crippen LogP contribution in [0, 0.1) is 0 Å². The van der Waals surface area contributed by atoms with E-state index >= 15 is 0 Å². The highest BCUT2D eigenvalue weighted by atomic mass is 32.2. The fourth-order valence-corrected chi connectivity index (χ4v) is 2.29. The average molecular weight is 236 g/mol. The van der Waals surface area contributed by atoms with Crippen LogP contribution in [0.15, 0.2) is 0 Å². The van der Waals surface area contributed by atoms with Crippen LogP contribution in [0.25, 0.3) is 0 Å². The normalized spacial score (nSPS) is 14.7. The SMILES string of the molecule is CC(C)(C)N(CCS(=O)(=O)[O-])C(C)(C)C. The van der Waals surface area contributed by atoms with Crippen molar-refractivity contribution in [1.82, 2.24) is 4.90 Å². The third kappa shape index (κ3) is 6.12. The molecule has 0 aliphatic rings. The highest BCUT2D eigenvalue weighted by molar-refractivity contribution is 7.85. The molecule has 0 unspecified atom stereocenters. The minimum atomic E-state index is -4.13. The quantitative estimate of drug-likeness (QED) is 0.695. The number of hydrogen-bond acceptors (Lipinski definition) is 4. The largest absolute Gasteiger partial charge is 0.748 e. The van der Waals surface area contributed by atoms with Crippen LogP contribution in [0.1, 0.15) is 41.5 Å². The molecule has 0 rings (SSSR count). The van der Waals surface area contributed by atoms with E-state index in [1.807, 2.05) is 46.4 Å². The van der Waals surface area contributed by atoms with Gasteiger partial charge in [0.25, 0.3) is 0 Å². The molecule has 0 bridgehead atoms. The molecule has 4 nitrogen and oxygen atoms in total. The molecule has 92 valence electrons. The fraction of sp³-hybridized carbons (Fsp3) is 1.00. The molecule has 0 N–H and O–H groups in total. The van der Waals surface area contributed by atoms with Crippen LogP contribution in [0.2, 0.25) is 0 Å². The first-order valence-corrected chi connectivity index (χ1v) is 6.63. The molecule has 0 amide bonds. The first kappa shape index (κ1) is 14.9. The van der Waals surface area contributed by atoms with Crippen molar-refractivity contribution in [3.8, 4) is 0 Å². The summed E-state index contributed by atoms with van der Waals surface area (Å²) in [5.41, 5.74) is -0.300. The van der Waals surface area contributed by atoms with E-state index in [0.717, 1.165) is 0 Å². The van der Waals surface area contributed by atoms with E-state index in [2.05, 4.69) is 0 Å². The molecule has 0 heterocycles. The Labute approximate surface area is 93.4 Å². The highest BCUT2D eigenvalue weighted by Gasteiger charge is 2.31. The Morgan fingerprint density at radius 2 is 1.33 bits per heavy atom. The van der Waals surface area contributed by atoms with Gasteiger partial charge in [-0.2, -0.15) is 0 Å². The van der Waals surface area contributed by atoms with Crippen molar-refractivity contribution in [3.63, 3.8) is 0 Å². The van der Waals surface area contributed by atoms with E-state index in [-0.39, 0.29) is 23.4 Å². The first-order valence-electron chi connectivity index (χ1n) is 5.05. The Morgan fingerprint density at radius 3 is 1.53 bits per heavy atom. The molecule has 0 radical (unpaired) electrons. The molecule has 0 fully saturated rings. The van der Waals surface area contributed by atoms with Gasteiger partial charge < -0.3 is 4.55 Å². The standard InChI is InChI=1S/C10H23NO3S/c1-9(2,3)11(10(4,5)6)7-8-15(12,13)14/h7-8H2,1-6H3,(H,12,13,14)/p-1. The van der Waals surface area contributed by atoms with Crippen molar-refractivity contribution < 1.29 is 13.0 Å². The zero-order valence-electron chi connectivity index (χ0n) is 10.5. The van der Waals surface area contributed by atoms with Crippen LogP contribution in [0.5, 0.6) is 0 Å². The van der Waals surface area contributed by atoms with Gasteiger partial charge in [0, 0.05) is 17.6 Å². The van der Waals surface area contributed by atoms with Crippen molar-refractivity contribution in [2.24, 2.45) is 0 Å². The van der Waals surface area contributed by atoms with E-state index in [1.165, 1.54) is 0 Å². The monoisotopic (exact) mass is 236 g/mol. The third-order valence-electron chi connectivity index (χ3n) is 2.18. The third-order valence-corrected chi connectivity index (χ3v) is 2.87. The predicted molar refractivity (Wildman–Crippen MR) is 60.8 cm³/mol. The molecular formula is C10H22NO3S-. The van der Waals surface area contributed by atoms with E-state index in [1.54, 1.807) is 0 Å². The van der Waals surface area contributed by atoms with Crippen molar-refractivity contribution in [2.75, 3.05) is 12.3 Å². The van der Waals surface area contributed by atoms with E-state index in [4.69, 9.17) is 0 Å². The van der Waals surface area contributed by atoms with Crippen LogP contribution in [0.4, 0.5) is 0 Å². The first-order chi connectivity index (χ1) is 6.34. The lowest BCUT2D eigenvalue weighted by Crippen LogP contribution is -2.54. The fourth-order valence-electron chi connectivity index (χ4n) is 1.88. The minimum Gasteiger partial charge on any atom is -0.748 e. The van der Waals surface area contributed by atoms with Crippen LogP contribution in [-0.2, 0) is 10.1 Å². The van der Waals surface area contributed by atoms with Crippen LogP contribution in [-0.4, -0.2) is 41.2 Å². The van der Waals surface area contributed by atoms with E-state index in [9.17, 15) is 13.0 Å². The zero-order chi connectivity index (χ0) is 12.5. The average Bonchev–Trinajstić information content (AvgIpc) is 1.75. The number of hydrogen-bond donors (Lipinski definition) is 0. The van der Waals surface area contributed by atoms with Crippen molar-refractivity contribution in [3.05, 3.63) is 0 Å². The number of nitrogens with zero attached hydrogens (tertiary/aromatic N) is 1. The number of rotatable bonds is 3. The summed E-state index contributed by atoms with van der Waals surface area (Å²) in [5.74, 6) is -0.332. The van der Waals surface area contributed by atoms with Crippen molar-refractivity contribution >= 4 is 10.1 Å². The second-order valence-corrected chi connectivity index (χ2v) is 7.28. The van der Waals surface area contributed by atoms with E-state index < -0.39 is 10.1 Å². The molecule has 0 aliphatic carbocycles. The summed E-state index contributed by atoms with van der Waals surface area (Å²) in [4.78, 5) is 2.02. The summed E-state index contributed by atoms with van der Waals surface area (Å²) >= 11 is 0. The van der Waals surface area contributed by atoms with Crippen molar-refractivity contribution in [1.29, 1.82) is 0 Å². The van der Waals surface area contributed by atoms with Gasteiger partial charge in [0.1, 0.15) is 0 Å². The Bertz CT molecular complexity index is 282. The second kappa shape index (κ2) is 4.39. The zero-order valence-corrected chi connectivity index (χ0v) is 11.3. The molecule has 0 aromatic heterocycles. The summed E-state index contributed by atoms with van der Waals surface area (Å²) in [6.45, 7) is 12.3. The molecule has 5 heteroatoms. The van der Waals surface area contributed by atoms with Gasteiger partial charge >= 0.3 is 0 Å². The lowest BCUT2D eigenvalue weighted by atomic mass is 9.96. The Morgan fingerprint density at radius 1 is 1.00 bits per heavy atom. The lowest BCUT2D eigenvalue weighted by molar-refractivity contribution is 0.0451. The summed E-state index contributed by atoms with van der Waals surface area (Å²) in [6.07, 6.45) is 0. The maximum absolute atomic E-state index is 10.6. The summed E-state index contributed by atoms with van der Waals surface area (Å²) in [5, 5.41) is 0. The molecule has 0 spiro atoms. The smallest absolute Gasteiger partial charge is 0.0958 e. The predicted octanol–water partition coefficient (Wildman–Crippen LogP) is 1.43. The maximum atomic E-state index is 10.6. The minimum absolute atomic E-state index is 0.150. The van der Waals surface area contributed by atoms with Gasteiger partial charge in [-0.1, -0.05) is 0 Å². The van der Waals surface area contributed by atoms with Gasteiger partial charge in [0.2, 0.25) is 0 Å². The Hall–Kier alpha value is -0.130. The summed E-state index contributed by atoms with van der Waals surface area (Å²) in [7, 11) is -4.13. The molecule has 15 heavy (non-hydrogen) atoms. The van der Waals surface area contributed by atoms with Gasteiger partial charge in [-0.15, -0.1) is 0 Å². The molecule has 0 aromatic carbocycles. The Kier molecular flexibility index (Phi) is 4.35. The molecule has 0 aromatic rings. The van der Waals surface area contributed by atoms with Gasteiger partial charge in [0.15, 0.2) is 0 Å². The molecular weight excluding hydrogens is 214 g/mol. The summed E-state index contributed by atoms with van der Waals surface area (Å²) in [6, 6.07) is 0. The maximum Gasteiger partial charge on any atom is 0.0958 e. The molecule has 0 aliphatic heterocycles. The van der Waals surface area contributed by atoms with Crippen LogP contribution >= 0.6 is 0 Å². The topological polar surface area (TPSA) is 60.4 Å².